The lowest BCUT2D eigenvalue weighted by Gasteiger charge is -2.34. The number of carbonyl (C=O) groups is 1. The summed E-state index contributed by atoms with van der Waals surface area (Å²) < 4.78 is 4.41. The lowest BCUT2D eigenvalue weighted by atomic mass is 10.2. The average molecular weight is 529 g/mol. The number of aromatic nitrogens is 5. The molecule has 0 aliphatic carbocycles. The molecule has 10 heteroatoms. The van der Waals surface area contributed by atoms with Crippen LogP contribution in [0.25, 0.3) is 17.0 Å². The van der Waals surface area contributed by atoms with Gasteiger partial charge in [-0.3, -0.25) is 14.4 Å². The highest BCUT2D eigenvalue weighted by Crippen LogP contribution is 2.27. The van der Waals surface area contributed by atoms with E-state index in [0.717, 1.165) is 47.1 Å². The van der Waals surface area contributed by atoms with Gasteiger partial charge in [0.1, 0.15) is 5.69 Å². The van der Waals surface area contributed by atoms with Crippen LogP contribution in [-0.4, -0.2) is 66.3 Å². The summed E-state index contributed by atoms with van der Waals surface area (Å²) in [5.74, 6) is -0.0768. The molecule has 0 atom stereocenters. The van der Waals surface area contributed by atoms with Gasteiger partial charge in [-0.1, -0.05) is 23.7 Å². The summed E-state index contributed by atoms with van der Waals surface area (Å²) in [7, 11) is 0. The van der Waals surface area contributed by atoms with E-state index in [1.54, 1.807) is 16.8 Å². The number of aryl methyl sites for hydroxylation is 1. The van der Waals surface area contributed by atoms with Crippen LogP contribution >= 0.6 is 27.5 Å². The molecule has 0 unspecified atom stereocenters. The molecule has 1 fully saturated rings. The second-order valence-corrected chi connectivity index (χ2v) is 9.30. The van der Waals surface area contributed by atoms with Crippen molar-refractivity contribution in [3.8, 4) is 11.4 Å². The van der Waals surface area contributed by atoms with E-state index in [-0.39, 0.29) is 5.91 Å². The Bertz CT molecular complexity index is 1310. The van der Waals surface area contributed by atoms with Crippen LogP contribution in [-0.2, 0) is 13.1 Å². The van der Waals surface area contributed by atoms with Gasteiger partial charge in [0.05, 0.1) is 10.2 Å². The Morgan fingerprint density at radius 3 is 2.67 bits per heavy atom. The van der Waals surface area contributed by atoms with Gasteiger partial charge in [0, 0.05) is 62.8 Å². The Balaban J connectivity index is 1.32. The number of halogens is 2. The highest BCUT2D eigenvalue weighted by molar-refractivity contribution is 9.10. The summed E-state index contributed by atoms with van der Waals surface area (Å²) in [5.41, 5.74) is 3.74. The van der Waals surface area contributed by atoms with Gasteiger partial charge in [-0.15, -0.1) is 0 Å². The lowest BCUT2D eigenvalue weighted by Crippen LogP contribution is -2.48. The molecule has 3 aromatic heterocycles. The van der Waals surface area contributed by atoms with E-state index in [2.05, 4.69) is 42.1 Å². The molecular formula is C23H23BrClN7O. The molecule has 1 saturated heterocycles. The minimum Gasteiger partial charge on any atom is -0.335 e. The number of carbonyl (C=O) groups excluding carboxylic acids is 1. The van der Waals surface area contributed by atoms with Crippen LogP contribution in [0, 0.1) is 0 Å². The van der Waals surface area contributed by atoms with Crippen molar-refractivity contribution in [3.05, 3.63) is 69.5 Å². The Hall–Kier alpha value is -2.75. The molecule has 33 heavy (non-hydrogen) atoms. The van der Waals surface area contributed by atoms with Crippen LogP contribution in [0.2, 0.25) is 5.02 Å². The lowest BCUT2D eigenvalue weighted by molar-refractivity contribution is 0.0622. The number of benzene rings is 1. The topological polar surface area (TPSA) is 71.6 Å². The predicted molar refractivity (Wildman–Crippen MR) is 130 cm³/mol. The van der Waals surface area contributed by atoms with Crippen LogP contribution in [0.15, 0.2) is 53.3 Å². The molecule has 4 heterocycles. The first-order valence-corrected chi connectivity index (χ1v) is 12.0. The summed E-state index contributed by atoms with van der Waals surface area (Å²) in [6.45, 7) is 6.53. The van der Waals surface area contributed by atoms with E-state index in [4.69, 9.17) is 11.6 Å². The monoisotopic (exact) mass is 527 g/mol. The molecule has 170 valence electrons. The van der Waals surface area contributed by atoms with Gasteiger partial charge in [0.25, 0.3) is 5.91 Å². The van der Waals surface area contributed by atoms with E-state index in [1.807, 2.05) is 47.0 Å². The third-order valence-electron chi connectivity index (χ3n) is 5.82. The molecule has 0 saturated carbocycles. The van der Waals surface area contributed by atoms with Crippen molar-refractivity contribution < 1.29 is 4.79 Å². The molecule has 0 bridgehead atoms. The maximum absolute atomic E-state index is 13.2. The SMILES string of the molecule is CCn1cc(Br)c(-c2ccnc3cc(C(=O)N4CCN(Cc5cccc(Cl)c5)CC4)nn23)n1. The van der Waals surface area contributed by atoms with Crippen molar-refractivity contribution in [1.82, 2.24) is 34.2 Å². The highest BCUT2D eigenvalue weighted by Gasteiger charge is 2.25. The third-order valence-corrected chi connectivity index (χ3v) is 6.63. The quantitative estimate of drug-likeness (QED) is 0.392. The average Bonchev–Trinajstić information content (AvgIpc) is 3.42. The summed E-state index contributed by atoms with van der Waals surface area (Å²) in [4.78, 5) is 21.8. The molecule has 1 aliphatic rings. The fourth-order valence-corrected chi connectivity index (χ4v) is 4.81. The number of fused-ring (bicyclic) bond motifs is 1. The normalized spacial score (nSPS) is 14.8. The predicted octanol–water partition coefficient (Wildman–Crippen LogP) is 3.99. The number of nitrogens with zero attached hydrogens (tertiary/aromatic N) is 7. The Labute approximate surface area is 204 Å². The van der Waals surface area contributed by atoms with Gasteiger partial charge in [-0.2, -0.15) is 10.2 Å². The molecule has 8 nitrogen and oxygen atoms in total. The van der Waals surface area contributed by atoms with E-state index in [0.29, 0.717) is 24.4 Å². The zero-order chi connectivity index (χ0) is 22.9. The Morgan fingerprint density at radius 1 is 1.12 bits per heavy atom. The molecule has 1 amide bonds. The third kappa shape index (κ3) is 4.53. The molecule has 0 N–H and O–H groups in total. The molecule has 1 aromatic carbocycles. The first-order valence-electron chi connectivity index (χ1n) is 10.9. The van der Waals surface area contributed by atoms with Crippen LogP contribution in [0.1, 0.15) is 23.0 Å². The van der Waals surface area contributed by atoms with Crippen molar-refractivity contribution in [1.29, 1.82) is 0 Å². The summed E-state index contributed by atoms with van der Waals surface area (Å²) in [6, 6.07) is 11.5. The Morgan fingerprint density at radius 2 is 1.94 bits per heavy atom. The van der Waals surface area contributed by atoms with Crippen molar-refractivity contribution >= 4 is 39.1 Å². The zero-order valence-corrected chi connectivity index (χ0v) is 20.5. The van der Waals surface area contributed by atoms with Crippen molar-refractivity contribution in [2.75, 3.05) is 26.2 Å². The molecule has 0 radical (unpaired) electrons. The second kappa shape index (κ2) is 9.24. The van der Waals surface area contributed by atoms with Gasteiger partial charge < -0.3 is 4.90 Å². The number of hydrogen-bond acceptors (Lipinski definition) is 5. The van der Waals surface area contributed by atoms with Gasteiger partial charge in [0.15, 0.2) is 11.3 Å². The second-order valence-electron chi connectivity index (χ2n) is 8.01. The minimum atomic E-state index is -0.0768. The fraction of sp³-hybridized carbons (Fsp3) is 0.304. The minimum absolute atomic E-state index is 0.0768. The van der Waals surface area contributed by atoms with Gasteiger partial charge in [-0.05, 0) is 46.6 Å². The highest BCUT2D eigenvalue weighted by atomic mass is 79.9. The van der Waals surface area contributed by atoms with Crippen LogP contribution in [0.3, 0.4) is 0 Å². The van der Waals surface area contributed by atoms with E-state index >= 15 is 0 Å². The van der Waals surface area contributed by atoms with Crippen molar-refractivity contribution in [2.45, 2.75) is 20.0 Å². The summed E-state index contributed by atoms with van der Waals surface area (Å²) >= 11 is 9.68. The molecule has 4 aromatic rings. The van der Waals surface area contributed by atoms with Gasteiger partial charge in [-0.25, -0.2) is 9.50 Å². The number of hydrogen-bond donors (Lipinski definition) is 0. The first kappa shape index (κ1) is 22.1. The fourth-order valence-electron chi connectivity index (χ4n) is 4.08. The number of amides is 1. The molecule has 5 rings (SSSR count). The summed E-state index contributed by atoms with van der Waals surface area (Å²) in [6.07, 6.45) is 3.65. The van der Waals surface area contributed by atoms with Crippen LogP contribution < -0.4 is 0 Å². The maximum atomic E-state index is 13.2. The van der Waals surface area contributed by atoms with E-state index in [1.165, 1.54) is 5.56 Å². The maximum Gasteiger partial charge on any atom is 0.274 e. The standard InChI is InChI=1S/C23H23BrClN7O/c1-2-31-15-18(24)22(28-31)20-6-7-26-21-13-19(27-32(20)21)23(33)30-10-8-29(9-11-30)14-16-4-3-5-17(25)12-16/h3-7,12-13,15H,2,8-11,14H2,1H3. The molecule has 1 aliphatic heterocycles. The molecule has 0 spiro atoms. The number of rotatable bonds is 5. The molecular weight excluding hydrogens is 506 g/mol. The Kier molecular flexibility index (Phi) is 6.18. The van der Waals surface area contributed by atoms with Crippen molar-refractivity contribution in [3.63, 3.8) is 0 Å². The summed E-state index contributed by atoms with van der Waals surface area (Å²) in [5, 5.41) is 9.96. The zero-order valence-electron chi connectivity index (χ0n) is 18.2. The first-order chi connectivity index (χ1) is 16.0. The van der Waals surface area contributed by atoms with Crippen molar-refractivity contribution in [2.24, 2.45) is 0 Å². The van der Waals surface area contributed by atoms with Gasteiger partial charge in [0.2, 0.25) is 0 Å². The van der Waals surface area contributed by atoms with Crippen LogP contribution in [0.5, 0.6) is 0 Å². The smallest absolute Gasteiger partial charge is 0.274 e. The van der Waals surface area contributed by atoms with E-state index < -0.39 is 0 Å². The number of piperazine rings is 1. The van der Waals surface area contributed by atoms with E-state index in [9.17, 15) is 4.79 Å². The van der Waals surface area contributed by atoms with Crippen LogP contribution in [0.4, 0.5) is 0 Å². The van der Waals surface area contributed by atoms with Gasteiger partial charge >= 0.3 is 0 Å². The largest absolute Gasteiger partial charge is 0.335 e.